The molecule has 0 saturated carbocycles. The van der Waals surface area contributed by atoms with Crippen LogP contribution in [0.5, 0.6) is 0 Å². The van der Waals surface area contributed by atoms with Crippen LogP contribution in [-0.4, -0.2) is 19.7 Å². The smallest absolute Gasteiger partial charge is 0.263 e. The summed E-state index contributed by atoms with van der Waals surface area (Å²) in [6, 6.07) is 6.83. The Labute approximate surface area is 148 Å². The predicted octanol–water partition coefficient (Wildman–Crippen LogP) is 4.55. The van der Waals surface area contributed by atoms with Gasteiger partial charge in [0.15, 0.2) is 0 Å². The van der Waals surface area contributed by atoms with Gasteiger partial charge in [-0.1, -0.05) is 56.1 Å². The van der Waals surface area contributed by atoms with Gasteiger partial charge in [0.05, 0.1) is 0 Å². The molecule has 1 rings (SSSR count). The van der Waals surface area contributed by atoms with Gasteiger partial charge >= 0.3 is 0 Å². The fourth-order valence-corrected chi connectivity index (χ4v) is 3.00. The minimum absolute atomic E-state index is 0.456. The molecule has 6 nitrogen and oxygen atoms in total. The van der Waals surface area contributed by atoms with E-state index in [-0.39, 0.29) is 0 Å². The van der Waals surface area contributed by atoms with Crippen molar-refractivity contribution < 1.29 is 9.85 Å². The van der Waals surface area contributed by atoms with Crippen LogP contribution in [0.15, 0.2) is 24.3 Å². The van der Waals surface area contributed by atoms with Crippen LogP contribution in [0, 0.1) is 20.2 Å². The fourth-order valence-electron chi connectivity index (χ4n) is 1.43. The van der Waals surface area contributed by atoms with Crippen LogP contribution in [0.4, 0.5) is 0 Å². The largest absolute Gasteiger partial charge is 0.282 e. The first-order valence-electron chi connectivity index (χ1n) is 5.18. The number of halogens is 4. The van der Waals surface area contributed by atoms with E-state index in [1.165, 1.54) is 0 Å². The summed E-state index contributed by atoms with van der Waals surface area (Å²) in [7, 11) is 0. The van der Waals surface area contributed by atoms with Crippen molar-refractivity contribution in [3.63, 3.8) is 0 Å². The Balaban J connectivity index is 3.01. The maximum absolute atomic E-state index is 10.8. The van der Waals surface area contributed by atoms with Crippen molar-refractivity contribution >= 4 is 63.7 Å². The van der Waals surface area contributed by atoms with Crippen LogP contribution in [0.1, 0.15) is 20.8 Å². The van der Waals surface area contributed by atoms with Crippen LogP contribution < -0.4 is 0 Å². The molecule has 0 spiro atoms. The molecule has 10 heteroatoms. The summed E-state index contributed by atoms with van der Waals surface area (Å²) in [6.45, 7) is 0. The standard InChI is InChI=1S/C10H8Br4N2O4/c11-7(9(13)15(17)18)5-2-1-3-6(4-5)8(12)10(14)16(19)20/h1-4,7-10H/t7-,8+,9-,10-/m0/s1. The summed E-state index contributed by atoms with van der Waals surface area (Å²) in [5.41, 5.74) is 1.32. The molecular weight excluding hydrogens is 532 g/mol. The lowest BCUT2D eigenvalue weighted by Gasteiger charge is -2.15. The van der Waals surface area contributed by atoms with Gasteiger partial charge < -0.3 is 0 Å². The van der Waals surface area contributed by atoms with E-state index >= 15 is 0 Å². The number of benzene rings is 1. The van der Waals surface area contributed by atoms with Crippen molar-refractivity contribution in [3.05, 3.63) is 55.6 Å². The topological polar surface area (TPSA) is 86.3 Å². The molecule has 0 fully saturated rings. The van der Waals surface area contributed by atoms with Crippen molar-refractivity contribution in [2.75, 3.05) is 0 Å². The predicted molar refractivity (Wildman–Crippen MR) is 89.2 cm³/mol. The minimum atomic E-state index is -0.984. The van der Waals surface area contributed by atoms with Crippen molar-refractivity contribution in [1.82, 2.24) is 0 Å². The average Bonchev–Trinajstić information content (AvgIpc) is 2.43. The fraction of sp³-hybridized carbons (Fsp3) is 0.400. The molecule has 0 aromatic heterocycles. The number of rotatable bonds is 6. The lowest BCUT2D eigenvalue weighted by atomic mass is 10.1. The highest BCUT2D eigenvalue weighted by Crippen LogP contribution is 2.36. The molecular formula is C10H8Br4N2O4. The normalized spacial score (nSPS) is 17.0. The van der Waals surface area contributed by atoms with E-state index in [0.717, 1.165) is 0 Å². The second kappa shape index (κ2) is 7.81. The van der Waals surface area contributed by atoms with Gasteiger partial charge in [-0.25, -0.2) is 0 Å². The van der Waals surface area contributed by atoms with Gasteiger partial charge in [-0.05, 0) is 43.0 Å². The van der Waals surface area contributed by atoms with E-state index in [9.17, 15) is 20.2 Å². The number of hydrogen-bond acceptors (Lipinski definition) is 4. The van der Waals surface area contributed by atoms with Crippen molar-refractivity contribution in [3.8, 4) is 0 Å². The summed E-state index contributed by atoms with van der Waals surface area (Å²) in [5.74, 6) is 0. The van der Waals surface area contributed by atoms with Crippen LogP contribution in [0.25, 0.3) is 0 Å². The maximum Gasteiger partial charge on any atom is 0.282 e. The lowest BCUT2D eigenvalue weighted by Crippen LogP contribution is -2.19. The lowest BCUT2D eigenvalue weighted by molar-refractivity contribution is -0.492. The van der Waals surface area contributed by atoms with Gasteiger partial charge in [-0.3, -0.25) is 20.2 Å². The number of nitro groups is 2. The Morgan fingerprint density at radius 1 is 0.850 bits per heavy atom. The first-order valence-corrected chi connectivity index (χ1v) is 8.85. The highest BCUT2D eigenvalue weighted by atomic mass is 79.9. The third-order valence-corrected chi connectivity index (χ3v) is 7.64. The number of nitrogens with zero attached hydrogens (tertiary/aromatic N) is 2. The second-order valence-corrected chi connectivity index (χ2v) is 7.64. The third-order valence-electron chi connectivity index (χ3n) is 2.43. The molecule has 110 valence electrons. The van der Waals surface area contributed by atoms with Gasteiger partial charge in [0.1, 0.15) is 9.65 Å². The number of hydrogen-bond donors (Lipinski definition) is 0. The van der Waals surface area contributed by atoms with Crippen LogP contribution in [0.2, 0.25) is 0 Å². The molecule has 0 saturated heterocycles. The molecule has 0 N–H and O–H groups in total. The van der Waals surface area contributed by atoms with E-state index < -0.39 is 29.4 Å². The second-order valence-electron chi connectivity index (χ2n) is 3.79. The maximum atomic E-state index is 10.8. The monoisotopic (exact) mass is 536 g/mol. The summed E-state index contributed by atoms with van der Waals surface area (Å²) < 4.78 is 0. The van der Waals surface area contributed by atoms with Gasteiger partial charge in [0, 0.05) is 9.85 Å². The summed E-state index contributed by atoms with van der Waals surface area (Å²) in [6.07, 6.45) is 0. The molecule has 0 aliphatic carbocycles. The van der Waals surface area contributed by atoms with Crippen LogP contribution in [-0.2, 0) is 0 Å². The quantitative estimate of drug-likeness (QED) is 0.230. The zero-order chi connectivity index (χ0) is 15.4. The van der Waals surface area contributed by atoms with E-state index in [1.807, 2.05) is 0 Å². The van der Waals surface area contributed by atoms with Crippen molar-refractivity contribution in [1.29, 1.82) is 0 Å². The molecule has 0 radical (unpaired) electrons. The minimum Gasteiger partial charge on any atom is -0.263 e. The highest BCUT2D eigenvalue weighted by Gasteiger charge is 2.30. The van der Waals surface area contributed by atoms with Crippen molar-refractivity contribution in [2.24, 2.45) is 0 Å². The van der Waals surface area contributed by atoms with E-state index in [0.29, 0.717) is 11.1 Å². The Morgan fingerprint density at radius 2 is 1.20 bits per heavy atom. The molecule has 0 amide bonds. The first-order chi connectivity index (χ1) is 9.25. The molecule has 0 heterocycles. The molecule has 0 aliphatic rings. The SMILES string of the molecule is O=[N+]([O-])[C@H](Br)[C@H](Br)c1cccc([C@H](Br)[C@@H](Br)[N+](=O)[O-])c1. The highest BCUT2D eigenvalue weighted by molar-refractivity contribution is 9.12. The Bertz CT molecular complexity index is 475. The van der Waals surface area contributed by atoms with Crippen molar-refractivity contribution in [2.45, 2.75) is 19.6 Å². The Hall–Kier alpha value is -0.0600. The Kier molecular flexibility index (Phi) is 7.02. The Morgan fingerprint density at radius 3 is 1.50 bits per heavy atom. The van der Waals surface area contributed by atoms with Gasteiger partial charge in [-0.15, -0.1) is 0 Å². The van der Waals surface area contributed by atoms with E-state index in [1.54, 1.807) is 24.3 Å². The zero-order valence-electron chi connectivity index (χ0n) is 9.66. The summed E-state index contributed by atoms with van der Waals surface area (Å²) in [5, 5.41) is 21.5. The van der Waals surface area contributed by atoms with Gasteiger partial charge in [-0.2, -0.15) is 0 Å². The van der Waals surface area contributed by atoms with Gasteiger partial charge in [0.25, 0.3) is 9.90 Å². The number of alkyl halides is 4. The van der Waals surface area contributed by atoms with E-state index in [4.69, 9.17) is 0 Å². The molecule has 20 heavy (non-hydrogen) atoms. The van der Waals surface area contributed by atoms with Crippen LogP contribution >= 0.6 is 63.7 Å². The average molecular weight is 540 g/mol. The van der Waals surface area contributed by atoms with E-state index in [2.05, 4.69) is 63.7 Å². The molecule has 0 unspecified atom stereocenters. The molecule has 1 aromatic rings. The van der Waals surface area contributed by atoms with Crippen LogP contribution in [0.3, 0.4) is 0 Å². The zero-order valence-corrected chi connectivity index (χ0v) is 16.0. The summed E-state index contributed by atoms with van der Waals surface area (Å²) in [4.78, 5) is 17.5. The van der Waals surface area contributed by atoms with Gasteiger partial charge in [0.2, 0.25) is 0 Å². The summed E-state index contributed by atoms with van der Waals surface area (Å²) >= 11 is 12.5. The third kappa shape index (κ3) is 4.47. The molecule has 0 bridgehead atoms. The molecule has 1 aromatic carbocycles. The first kappa shape index (κ1) is 18.0. The molecule has 4 atom stereocenters. The molecule has 0 aliphatic heterocycles.